The number of likely N-dealkylation sites (tertiary alicyclic amines) is 1. The van der Waals surface area contributed by atoms with Crippen LogP contribution in [0.4, 0.5) is 0 Å². The normalized spacial score (nSPS) is 15.6. The molecule has 3 rings (SSSR count). The Labute approximate surface area is 139 Å². The van der Waals surface area contributed by atoms with Gasteiger partial charge in [-0.05, 0) is 57.1 Å². The van der Waals surface area contributed by atoms with E-state index in [9.17, 15) is 0 Å². The lowest BCUT2D eigenvalue weighted by Gasteiger charge is -2.21. The molecule has 1 saturated heterocycles. The van der Waals surface area contributed by atoms with Crippen molar-refractivity contribution in [3.63, 3.8) is 0 Å². The smallest absolute Gasteiger partial charge is 0.0539 e. The molecule has 2 heterocycles. The minimum atomic E-state index is 0.948. The molecule has 1 aromatic heterocycles. The zero-order chi connectivity index (χ0) is 16.1. The molecule has 0 atom stereocenters. The van der Waals surface area contributed by atoms with Gasteiger partial charge in [0.2, 0.25) is 0 Å². The zero-order valence-corrected chi connectivity index (χ0v) is 14.4. The zero-order valence-electron chi connectivity index (χ0n) is 14.4. The molecule has 0 N–H and O–H groups in total. The number of rotatable bonds is 7. The summed E-state index contributed by atoms with van der Waals surface area (Å²) in [5.74, 6) is 0. The Hall–Kier alpha value is -1.65. The summed E-state index contributed by atoms with van der Waals surface area (Å²) < 4.78 is 2.08. The predicted molar refractivity (Wildman–Crippen MR) is 94.3 cm³/mol. The largest absolute Gasteiger partial charge is 0.300 e. The fourth-order valence-corrected chi connectivity index (χ4v) is 3.32. The van der Waals surface area contributed by atoms with E-state index >= 15 is 0 Å². The van der Waals surface area contributed by atoms with Gasteiger partial charge in [-0.1, -0.05) is 24.3 Å². The summed E-state index contributed by atoms with van der Waals surface area (Å²) in [5, 5.41) is 4.36. The Morgan fingerprint density at radius 1 is 1.09 bits per heavy atom. The fraction of sp³-hybridized carbons (Fsp3) is 0.526. The average molecular weight is 312 g/mol. The highest BCUT2D eigenvalue weighted by Crippen LogP contribution is 2.17. The molecule has 1 aliphatic rings. The number of aryl methyl sites for hydroxylation is 1. The molecule has 4 heteroatoms. The van der Waals surface area contributed by atoms with Gasteiger partial charge >= 0.3 is 0 Å². The minimum Gasteiger partial charge on any atom is -0.300 e. The predicted octanol–water partition coefficient (Wildman–Crippen LogP) is 2.92. The van der Waals surface area contributed by atoms with Crippen molar-refractivity contribution in [3.8, 4) is 0 Å². The van der Waals surface area contributed by atoms with Gasteiger partial charge in [0.15, 0.2) is 0 Å². The molecular formula is C19H28N4. The van der Waals surface area contributed by atoms with Crippen LogP contribution in [0.5, 0.6) is 0 Å². The molecule has 4 nitrogen and oxygen atoms in total. The van der Waals surface area contributed by atoms with Crippen molar-refractivity contribution in [2.45, 2.75) is 39.4 Å². The van der Waals surface area contributed by atoms with Crippen LogP contribution in [0.25, 0.3) is 0 Å². The SMILES string of the molecule is Cc1ccnn1CCN(C)Cc1ccccc1CN1CCCC1. The van der Waals surface area contributed by atoms with Gasteiger partial charge in [-0.15, -0.1) is 0 Å². The van der Waals surface area contributed by atoms with E-state index in [1.165, 1.54) is 42.8 Å². The number of likely N-dealkylation sites (N-methyl/N-ethyl adjacent to an activating group) is 1. The number of nitrogens with zero attached hydrogens (tertiary/aromatic N) is 4. The van der Waals surface area contributed by atoms with Crippen LogP contribution in [0.15, 0.2) is 36.5 Å². The summed E-state index contributed by atoms with van der Waals surface area (Å²) in [4.78, 5) is 4.97. The highest BCUT2D eigenvalue weighted by Gasteiger charge is 2.14. The number of hydrogen-bond acceptors (Lipinski definition) is 3. The van der Waals surface area contributed by atoms with Gasteiger partial charge in [0.05, 0.1) is 6.54 Å². The maximum Gasteiger partial charge on any atom is 0.0539 e. The summed E-state index contributed by atoms with van der Waals surface area (Å²) in [5.41, 5.74) is 4.17. The monoisotopic (exact) mass is 312 g/mol. The van der Waals surface area contributed by atoms with Crippen molar-refractivity contribution in [1.82, 2.24) is 19.6 Å². The summed E-state index contributed by atoms with van der Waals surface area (Å²) >= 11 is 0. The molecule has 2 aromatic rings. The summed E-state index contributed by atoms with van der Waals surface area (Å²) in [6, 6.07) is 11.0. The van der Waals surface area contributed by atoms with E-state index in [4.69, 9.17) is 0 Å². The van der Waals surface area contributed by atoms with Crippen LogP contribution in [0, 0.1) is 6.92 Å². The second kappa shape index (κ2) is 7.75. The van der Waals surface area contributed by atoms with Crippen LogP contribution >= 0.6 is 0 Å². The molecule has 1 aliphatic heterocycles. The van der Waals surface area contributed by atoms with Crippen LogP contribution in [-0.2, 0) is 19.6 Å². The second-order valence-electron chi connectivity index (χ2n) is 6.69. The van der Waals surface area contributed by atoms with Gasteiger partial charge in [0.25, 0.3) is 0 Å². The van der Waals surface area contributed by atoms with E-state index in [2.05, 4.69) is 63.9 Å². The summed E-state index contributed by atoms with van der Waals surface area (Å²) in [6.45, 7) is 8.68. The molecule has 23 heavy (non-hydrogen) atoms. The topological polar surface area (TPSA) is 24.3 Å². The summed E-state index contributed by atoms with van der Waals surface area (Å²) in [7, 11) is 2.20. The second-order valence-corrected chi connectivity index (χ2v) is 6.69. The standard InChI is InChI=1S/C19H28N4/c1-17-9-10-20-23(17)14-13-21(2)15-18-7-3-4-8-19(18)16-22-11-5-6-12-22/h3-4,7-10H,5-6,11-16H2,1-2H3. The maximum atomic E-state index is 4.36. The molecule has 1 fully saturated rings. The lowest BCUT2D eigenvalue weighted by molar-refractivity contribution is 0.297. The Bertz CT molecular complexity index is 613. The van der Waals surface area contributed by atoms with Crippen LogP contribution in [0.1, 0.15) is 29.7 Å². The van der Waals surface area contributed by atoms with Crippen LogP contribution in [0.2, 0.25) is 0 Å². The number of benzene rings is 1. The van der Waals surface area contributed by atoms with Crippen molar-refractivity contribution < 1.29 is 0 Å². The van der Waals surface area contributed by atoms with Crippen LogP contribution in [-0.4, -0.2) is 46.3 Å². The van der Waals surface area contributed by atoms with E-state index in [-0.39, 0.29) is 0 Å². The van der Waals surface area contributed by atoms with Crippen molar-refractivity contribution in [2.24, 2.45) is 0 Å². The van der Waals surface area contributed by atoms with Crippen LogP contribution in [0.3, 0.4) is 0 Å². The van der Waals surface area contributed by atoms with E-state index in [1.807, 2.05) is 6.20 Å². The number of aromatic nitrogens is 2. The quantitative estimate of drug-likeness (QED) is 0.786. The first-order valence-electron chi connectivity index (χ1n) is 8.68. The highest BCUT2D eigenvalue weighted by atomic mass is 15.3. The van der Waals surface area contributed by atoms with E-state index in [0.29, 0.717) is 0 Å². The first-order valence-corrected chi connectivity index (χ1v) is 8.68. The first kappa shape index (κ1) is 16.2. The Kier molecular flexibility index (Phi) is 5.47. The molecule has 0 radical (unpaired) electrons. The third kappa shape index (κ3) is 4.43. The van der Waals surface area contributed by atoms with Gasteiger partial charge in [0, 0.05) is 31.5 Å². The molecule has 0 amide bonds. The lowest BCUT2D eigenvalue weighted by Crippen LogP contribution is -2.25. The van der Waals surface area contributed by atoms with E-state index in [0.717, 1.165) is 26.2 Å². The van der Waals surface area contributed by atoms with Gasteiger partial charge in [-0.2, -0.15) is 5.10 Å². The van der Waals surface area contributed by atoms with Crippen LogP contribution < -0.4 is 0 Å². The van der Waals surface area contributed by atoms with Gasteiger partial charge in [-0.25, -0.2) is 0 Å². The Balaban J connectivity index is 1.57. The van der Waals surface area contributed by atoms with Crippen molar-refractivity contribution >= 4 is 0 Å². The fourth-order valence-electron chi connectivity index (χ4n) is 3.32. The molecule has 0 aliphatic carbocycles. The molecule has 124 valence electrons. The van der Waals surface area contributed by atoms with Gasteiger partial charge < -0.3 is 4.90 Å². The maximum absolute atomic E-state index is 4.36. The molecule has 0 saturated carbocycles. The van der Waals surface area contributed by atoms with Gasteiger partial charge in [-0.3, -0.25) is 9.58 Å². The number of hydrogen-bond donors (Lipinski definition) is 0. The minimum absolute atomic E-state index is 0.948. The van der Waals surface area contributed by atoms with Crippen molar-refractivity contribution in [3.05, 3.63) is 53.3 Å². The molecular weight excluding hydrogens is 284 g/mol. The molecule has 0 bridgehead atoms. The molecule has 0 unspecified atom stereocenters. The van der Waals surface area contributed by atoms with Gasteiger partial charge in [0.1, 0.15) is 0 Å². The Morgan fingerprint density at radius 3 is 2.52 bits per heavy atom. The van der Waals surface area contributed by atoms with E-state index in [1.54, 1.807) is 0 Å². The third-order valence-electron chi connectivity index (χ3n) is 4.77. The lowest BCUT2D eigenvalue weighted by atomic mass is 10.1. The van der Waals surface area contributed by atoms with Crippen molar-refractivity contribution in [2.75, 3.05) is 26.7 Å². The first-order chi connectivity index (χ1) is 11.2. The molecule has 0 spiro atoms. The summed E-state index contributed by atoms with van der Waals surface area (Å²) in [6.07, 6.45) is 4.58. The average Bonchev–Trinajstić information content (AvgIpc) is 3.19. The van der Waals surface area contributed by atoms with Crippen molar-refractivity contribution in [1.29, 1.82) is 0 Å². The third-order valence-corrected chi connectivity index (χ3v) is 4.77. The Morgan fingerprint density at radius 2 is 1.83 bits per heavy atom. The van der Waals surface area contributed by atoms with E-state index < -0.39 is 0 Å². The highest BCUT2D eigenvalue weighted by molar-refractivity contribution is 5.27. The molecule has 1 aromatic carbocycles.